The van der Waals surface area contributed by atoms with Crippen LogP contribution >= 0.6 is 0 Å². The number of fused-ring (bicyclic) bond motifs is 1. The Morgan fingerprint density at radius 3 is 2.49 bits per heavy atom. The molecule has 8 nitrogen and oxygen atoms in total. The van der Waals surface area contributed by atoms with Gasteiger partial charge in [-0.15, -0.1) is 0 Å². The molecule has 0 bridgehead atoms. The van der Waals surface area contributed by atoms with Crippen LogP contribution in [-0.2, 0) is 38.9 Å². The summed E-state index contributed by atoms with van der Waals surface area (Å²) in [5, 5.41) is 0. The van der Waals surface area contributed by atoms with Crippen LogP contribution in [0.5, 0.6) is 5.75 Å². The molecule has 230 valence electrons. The number of benzene rings is 2. The molecule has 2 aliphatic heterocycles. The summed E-state index contributed by atoms with van der Waals surface area (Å²) in [5.41, 5.74) is 6.19. The van der Waals surface area contributed by atoms with Gasteiger partial charge >= 0.3 is 0 Å². The highest BCUT2D eigenvalue weighted by Crippen LogP contribution is 2.36. The van der Waals surface area contributed by atoms with Crippen molar-refractivity contribution in [3.63, 3.8) is 0 Å². The zero-order valence-electron chi connectivity index (χ0n) is 25.9. The number of rotatable bonds is 9. The molecule has 2 aliphatic rings. The average Bonchev–Trinajstić information content (AvgIpc) is 2.98. The summed E-state index contributed by atoms with van der Waals surface area (Å²) in [5.74, 6) is 0.617. The van der Waals surface area contributed by atoms with Crippen molar-refractivity contribution in [1.29, 1.82) is 0 Å². The molecule has 43 heavy (non-hydrogen) atoms. The van der Waals surface area contributed by atoms with Crippen LogP contribution in [0, 0.1) is 27.7 Å². The molecule has 2 aromatic carbocycles. The molecule has 0 radical (unpaired) electrons. The Morgan fingerprint density at radius 2 is 1.74 bits per heavy atom. The van der Waals surface area contributed by atoms with Gasteiger partial charge in [0.05, 0.1) is 24.7 Å². The molecule has 0 N–H and O–H groups in total. The van der Waals surface area contributed by atoms with E-state index in [1.165, 1.54) is 0 Å². The Bertz CT molecular complexity index is 1590. The van der Waals surface area contributed by atoms with Crippen LogP contribution in [0.15, 0.2) is 53.4 Å². The van der Waals surface area contributed by atoms with E-state index in [9.17, 15) is 13.2 Å². The molecular formula is C34H43N3O5S. The molecule has 0 saturated carbocycles. The van der Waals surface area contributed by atoms with E-state index in [2.05, 4.69) is 4.98 Å². The molecule has 1 fully saturated rings. The fourth-order valence-electron chi connectivity index (χ4n) is 6.60. The van der Waals surface area contributed by atoms with Gasteiger partial charge in [-0.1, -0.05) is 30.3 Å². The predicted molar refractivity (Wildman–Crippen MR) is 167 cm³/mol. The van der Waals surface area contributed by atoms with Gasteiger partial charge in [-0.25, -0.2) is 8.42 Å². The zero-order chi connectivity index (χ0) is 30.7. The predicted octanol–water partition coefficient (Wildman–Crippen LogP) is 5.08. The number of likely N-dealkylation sites (tertiary alicyclic amines) is 1. The fourth-order valence-corrected chi connectivity index (χ4v) is 8.67. The van der Waals surface area contributed by atoms with Crippen LogP contribution in [0.3, 0.4) is 0 Å². The normalized spacial score (nSPS) is 19.2. The van der Waals surface area contributed by atoms with Gasteiger partial charge in [-0.3, -0.25) is 9.78 Å². The van der Waals surface area contributed by atoms with Crippen molar-refractivity contribution in [1.82, 2.24) is 14.2 Å². The maximum Gasteiger partial charge on any atom is 0.248 e. The summed E-state index contributed by atoms with van der Waals surface area (Å²) in [6, 6.07) is 15.4. The van der Waals surface area contributed by atoms with Crippen molar-refractivity contribution in [2.45, 2.75) is 83.3 Å². The number of carbonyl (C=O) groups excluding carboxylic acids is 1. The number of nitrogens with zero attached hydrogens (tertiary/aromatic N) is 3. The molecule has 3 aromatic rings. The first-order valence-corrected chi connectivity index (χ1v) is 16.6. The van der Waals surface area contributed by atoms with Crippen LogP contribution in [0.4, 0.5) is 0 Å². The minimum absolute atomic E-state index is 0.0552. The van der Waals surface area contributed by atoms with E-state index in [4.69, 9.17) is 9.47 Å². The number of pyridine rings is 1. The minimum atomic E-state index is -3.89. The molecule has 3 heterocycles. The van der Waals surface area contributed by atoms with E-state index >= 15 is 0 Å². The van der Waals surface area contributed by atoms with E-state index in [-0.39, 0.29) is 31.7 Å². The number of hydrogen-bond acceptors (Lipinski definition) is 6. The van der Waals surface area contributed by atoms with Crippen molar-refractivity contribution in [3.05, 3.63) is 87.7 Å². The number of amides is 1. The van der Waals surface area contributed by atoms with Crippen molar-refractivity contribution in [2.75, 3.05) is 26.9 Å². The molecule has 0 aliphatic carbocycles. The summed E-state index contributed by atoms with van der Waals surface area (Å²) in [6.45, 7) is 8.51. The SMILES string of the molecule is COc1cc(C)c(S(=O)(=O)N2Cc3ccccc3CC2COCC(=O)N2CCCCC2Cc2cccc(C)n2)c(C)c1C. The Hall–Kier alpha value is -3.27. The Balaban J connectivity index is 1.34. The molecule has 0 spiro atoms. The fraction of sp³-hybridized carbons (Fsp3) is 0.471. The monoisotopic (exact) mass is 605 g/mol. The molecule has 2 unspecified atom stereocenters. The second-order valence-corrected chi connectivity index (χ2v) is 13.7. The van der Waals surface area contributed by atoms with Gasteiger partial charge in [0.25, 0.3) is 0 Å². The van der Waals surface area contributed by atoms with Crippen LogP contribution in [0.1, 0.15) is 58.5 Å². The minimum Gasteiger partial charge on any atom is -0.496 e. The smallest absolute Gasteiger partial charge is 0.248 e. The second-order valence-electron chi connectivity index (χ2n) is 11.9. The van der Waals surface area contributed by atoms with Gasteiger partial charge in [-0.2, -0.15) is 4.31 Å². The highest BCUT2D eigenvalue weighted by Gasteiger charge is 2.38. The quantitative estimate of drug-likeness (QED) is 0.338. The molecule has 1 saturated heterocycles. The standard InChI is InChI=1S/C34H43N3O5S/c1-23-17-32(41-5)25(3)26(4)34(23)43(39,40)37-20-28-13-7-6-12-27(28)18-31(37)21-42-22-33(38)36-16-9-8-15-30(36)19-29-14-10-11-24(2)35-29/h6-7,10-14,17,30-31H,8-9,15-16,18-22H2,1-5H3. The number of piperidine rings is 1. The molecular weight excluding hydrogens is 562 g/mol. The second kappa shape index (κ2) is 13.2. The van der Waals surface area contributed by atoms with Gasteiger partial charge in [0.15, 0.2) is 0 Å². The first-order chi connectivity index (χ1) is 20.6. The lowest BCUT2D eigenvalue weighted by molar-refractivity contribution is -0.140. The van der Waals surface area contributed by atoms with Crippen LogP contribution in [-0.4, -0.2) is 67.5 Å². The van der Waals surface area contributed by atoms with Crippen molar-refractivity contribution in [3.8, 4) is 5.75 Å². The third-order valence-electron chi connectivity index (χ3n) is 8.95. The first-order valence-electron chi connectivity index (χ1n) is 15.1. The van der Waals surface area contributed by atoms with E-state index in [1.807, 2.05) is 75.1 Å². The van der Waals surface area contributed by atoms with E-state index in [0.717, 1.165) is 53.8 Å². The lowest BCUT2D eigenvalue weighted by Crippen LogP contribution is -2.49. The zero-order valence-corrected chi connectivity index (χ0v) is 26.7. The number of sulfonamides is 1. The largest absolute Gasteiger partial charge is 0.496 e. The van der Waals surface area contributed by atoms with E-state index in [1.54, 1.807) is 17.5 Å². The number of aryl methyl sites for hydroxylation is 2. The molecule has 2 atom stereocenters. The van der Waals surface area contributed by atoms with Gasteiger partial charge in [0.2, 0.25) is 15.9 Å². The van der Waals surface area contributed by atoms with E-state index < -0.39 is 16.1 Å². The van der Waals surface area contributed by atoms with Gasteiger partial charge in [0, 0.05) is 36.9 Å². The van der Waals surface area contributed by atoms with Crippen LogP contribution in [0.25, 0.3) is 0 Å². The number of methoxy groups -OCH3 is 1. The first kappa shape index (κ1) is 31.2. The average molecular weight is 606 g/mol. The summed E-state index contributed by atoms with van der Waals surface area (Å²) in [6.07, 6.45) is 4.22. The Morgan fingerprint density at radius 1 is 0.977 bits per heavy atom. The van der Waals surface area contributed by atoms with Crippen molar-refractivity contribution >= 4 is 15.9 Å². The third-order valence-corrected chi connectivity index (χ3v) is 11.1. The van der Waals surface area contributed by atoms with Gasteiger partial charge in [0.1, 0.15) is 12.4 Å². The maximum atomic E-state index is 14.3. The summed E-state index contributed by atoms with van der Waals surface area (Å²) >= 11 is 0. The Kier molecular flexibility index (Phi) is 9.54. The molecule has 1 aromatic heterocycles. The third kappa shape index (κ3) is 6.64. The summed E-state index contributed by atoms with van der Waals surface area (Å²) in [7, 11) is -2.29. The lowest BCUT2D eigenvalue weighted by atomic mass is 9.96. The highest BCUT2D eigenvalue weighted by molar-refractivity contribution is 7.89. The van der Waals surface area contributed by atoms with Gasteiger partial charge < -0.3 is 14.4 Å². The summed E-state index contributed by atoms with van der Waals surface area (Å²) < 4.78 is 41.8. The topological polar surface area (TPSA) is 89.0 Å². The Labute approximate surface area is 256 Å². The lowest BCUT2D eigenvalue weighted by Gasteiger charge is -2.37. The highest BCUT2D eigenvalue weighted by atomic mass is 32.2. The van der Waals surface area contributed by atoms with Crippen molar-refractivity contribution in [2.24, 2.45) is 0 Å². The molecule has 1 amide bonds. The van der Waals surface area contributed by atoms with E-state index in [0.29, 0.717) is 34.7 Å². The van der Waals surface area contributed by atoms with Crippen molar-refractivity contribution < 1.29 is 22.7 Å². The molecule has 9 heteroatoms. The van der Waals surface area contributed by atoms with Crippen LogP contribution in [0.2, 0.25) is 0 Å². The van der Waals surface area contributed by atoms with Crippen LogP contribution < -0.4 is 4.74 Å². The van der Waals surface area contributed by atoms with Gasteiger partial charge in [-0.05, 0) is 99.4 Å². The number of carbonyl (C=O) groups is 1. The molecule has 5 rings (SSSR count). The number of aromatic nitrogens is 1. The summed E-state index contributed by atoms with van der Waals surface area (Å²) in [4.78, 5) is 20.3. The number of ether oxygens (including phenoxy) is 2. The maximum absolute atomic E-state index is 14.3. The number of hydrogen-bond donors (Lipinski definition) is 0.